The number of anilines is 2. The minimum atomic E-state index is -4.66. The summed E-state index contributed by atoms with van der Waals surface area (Å²) in [6.45, 7) is 1.56. The lowest BCUT2D eigenvalue weighted by Crippen LogP contribution is -2.34. The minimum Gasteiger partial charge on any atom is -0.479 e. The minimum absolute atomic E-state index is 0.0691. The highest BCUT2D eigenvalue weighted by Gasteiger charge is 2.32. The molecule has 10 heteroatoms. The SMILES string of the molecule is C[C@@H]1Oc2ccc(NS(=O)(=O)c3cccc(C(F)(F)F)c3)cc2NC1=O. The monoisotopic (exact) mass is 386 g/mol. The zero-order chi connectivity index (χ0) is 19.1. The number of fused-ring (bicyclic) bond motifs is 1. The van der Waals surface area contributed by atoms with Crippen LogP contribution in [0.25, 0.3) is 0 Å². The van der Waals surface area contributed by atoms with E-state index in [1.807, 2.05) is 0 Å². The summed E-state index contributed by atoms with van der Waals surface area (Å²) >= 11 is 0. The molecule has 0 spiro atoms. The van der Waals surface area contributed by atoms with E-state index < -0.39 is 38.7 Å². The van der Waals surface area contributed by atoms with Gasteiger partial charge in [-0.2, -0.15) is 13.2 Å². The lowest BCUT2D eigenvalue weighted by molar-refractivity contribution is -0.137. The Balaban J connectivity index is 1.89. The molecule has 1 heterocycles. The largest absolute Gasteiger partial charge is 0.479 e. The molecule has 0 fully saturated rings. The Hall–Kier alpha value is -2.75. The first-order valence-corrected chi connectivity index (χ1v) is 8.86. The van der Waals surface area contributed by atoms with Crippen LogP contribution in [0.1, 0.15) is 12.5 Å². The fourth-order valence-corrected chi connectivity index (χ4v) is 3.42. The highest BCUT2D eigenvalue weighted by molar-refractivity contribution is 7.92. The first-order valence-electron chi connectivity index (χ1n) is 7.38. The lowest BCUT2D eigenvalue weighted by Gasteiger charge is -2.23. The van der Waals surface area contributed by atoms with Crippen molar-refractivity contribution in [1.82, 2.24) is 0 Å². The summed E-state index contributed by atoms with van der Waals surface area (Å²) in [6, 6.07) is 7.56. The molecule has 0 radical (unpaired) electrons. The van der Waals surface area contributed by atoms with Gasteiger partial charge in [0.05, 0.1) is 21.8 Å². The Bertz CT molecular complexity index is 974. The molecular formula is C16H13F3N2O4S. The Morgan fingerprint density at radius 2 is 1.88 bits per heavy atom. The smallest absolute Gasteiger partial charge is 0.416 e. The van der Waals surface area contributed by atoms with Crippen molar-refractivity contribution in [2.45, 2.75) is 24.1 Å². The van der Waals surface area contributed by atoms with Crippen LogP contribution >= 0.6 is 0 Å². The van der Waals surface area contributed by atoms with Crippen molar-refractivity contribution >= 4 is 27.3 Å². The van der Waals surface area contributed by atoms with E-state index in [1.54, 1.807) is 6.92 Å². The number of nitrogens with one attached hydrogen (secondary N) is 2. The summed E-state index contributed by atoms with van der Waals surface area (Å²) in [5.41, 5.74) is -0.738. The van der Waals surface area contributed by atoms with Crippen LogP contribution < -0.4 is 14.8 Å². The maximum Gasteiger partial charge on any atom is 0.416 e. The molecule has 26 heavy (non-hydrogen) atoms. The van der Waals surface area contributed by atoms with Crippen LogP contribution in [0.2, 0.25) is 0 Å². The van der Waals surface area contributed by atoms with Gasteiger partial charge >= 0.3 is 6.18 Å². The predicted molar refractivity (Wildman–Crippen MR) is 87.4 cm³/mol. The number of halogens is 3. The molecule has 3 rings (SSSR count). The van der Waals surface area contributed by atoms with E-state index in [-0.39, 0.29) is 11.4 Å². The van der Waals surface area contributed by atoms with E-state index in [4.69, 9.17) is 4.74 Å². The van der Waals surface area contributed by atoms with E-state index in [0.717, 1.165) is 18.2 Å². The van der Waals surface area contributed by atoms with Crippen LogP contribution in [0.15, 0.2) is 47.4 Å². The molecule has 0 aromatic heterocycles. The normalized spacial score (nSPS) is 17.1. The maximum absolute atomic E-state index is 12.8. The molecule has 1 amide bonds. The first-order chi connectivity index (χ1) is 12.1. The number of ether oxygens (including phenoxy) is 1. The summed E-state index contributed by atoms with van der Waals surface area (Å²) in [5.74, 6) is -0.0329. The van der Waals surface area contributed by atoms with E-state index in [0.29, 0.717) is 11.8 Å². The third-order valence-corrected chi connectivity index (χ3v) is 5.01. The van der Waals surface area contributed by atoms with Crippen molar-refractivity contribution in [3.63, 3.8) is 0 Å². The van der Waals surface area contributed by atoms with E-state index in [2.05, 4.69) is 10.0 Å². The number of alkyl halides is 3. The number of sulfonamides is 1. The molecule has 1 aliphatic rings. The van der Waals surface area contributed by atoms with Crippen LogP contribution in [0.4, 0.5) is 24.5 Å². The summed E-state index contributed by atoms with van der Waals surface area (Å²) in [7, 11) is -4.25. The predicted octanol–water partition coefficient (Wildman–Crippen LogP) is 3.23. The second kappa shape index (κ2) is 6.20. The van der Waals surface area contributed by atoms with Crippen molar-refractivity contribution in [3.05, 3.63) is 48.0 Å². The standard InChI is InChI=1S/C16H13F3N2O4S/c1-9-15(22)20-13-8-11(5-6-14(13)25-9)21-26(23,24)12-4-2-3-10(7-12)16(17,18)19/h2-9,21H,1H3,(H,20,22)/t9-/m0/s1. The number of carbonyl (C=O) groups is 1. The van der Waals surface area contributed by atoms with Crippen LogP contribution in [0.3, 0.4) is 0 Å². The molecule has 6 nitrogen and oxygen atoms in total. The number of hydrogen-bond donors (Lipinski definition) is 2. The number of hydrogen-bond acceptors (Lipinski definition) is 4. The second-order valence-electron chi connectivity index (χ2n) is 5.59. The molecule has 1 aliphatic heterocycles. The number of rotatable bonds is 3. The average molecular weight is 386 g/mol. The van der Waals surface area contributed by atoms with E-state index in [1.165, 1.54) is 18.2 Å². The fraction of sp³-hybridized carbons (Fsp3) is 0.188. The van der Waals surface area contributed by atoms with E-state index in [9.17, 15) is 26.4 Å². The zero-order valence-corrected chi connectivity index (χ0v) is 14.1. The molecule has 0 saturated heterocycles. The average Bonchev–Trinajstić information content (AvgIpc) is 2.55. The zero-order valence-electron chi connectivity index (χ0n) is 13.3. The molecule has 2 N–H and O–H groups in total. The quantitative estimate of drug-likeness (QED) is 0.848. The summed E-state index contributed by atoms with van der Waals surface area (Å²) in [6.07, 6.45) is -5.34. The van der Waals surface area contributed by atoms with Gasteiger partial charge in [-0.15, -0.1) is 0 Å². The van der Waals surface area contributed by atoms with Crippen LogP contribution in [0, 0.1) is 0 Å². The van der Waals surface area contributed by atoms with Crippen molar-refractivity contribution in [2.24, 2.45) is 0 Å². The third kappa shape index (κ3) is 3.59. The summed E-state index contributed by atoms with van der Waals surface area (Å²) in [5, 5.41) is 2.56. The van der Waals surface area contributed by atoms with Gasteiger partial charge in [-0.3, -0.25) is 9.52 Å². The van der Waals surface area contributed by atoms with Gasteiger partial charge < -0.3 is 10.1 Å². The Morgan fingerprint density at radius 1 is 1.15 bits per heavy atom. The fourth-order valence-electron chi connectivity index (χ4n) is 2.33. The molecule has 138 valence electrons. The molecule has 2 aromatic rings. The number of carbonyl (C=O) groups excluding carboxylic acids is 1. The highest BCUT2D eigenvalue weighted by atomic mass is 32.2. The van der Waals surface area contributed by atoms with Gasteiger partial charge in [-0.25, -0.2) is 8.42 Å². The third-order valence-electron chi connectivity index (χ3n) is 3.63. The Labute approximate surface area is 147 Å². The Kier molecular flexibility index (Phi) is 4.31. The van der Waals surface area contributed by atoms with Gasteiger partial charge in [-0.05, 0) is 43.3 Å². The van der Waals surface area contributed by atoms with Crippen molar-refractivity contribution in [1.29, 1.82) is 0 Å². The molecular weight excluding hydrogens is 373 g/mol. The highest BCUT2D eigenvalue weighted by Crippen LogP contribution is 2.34. The molecule has 1 atom stereocenters. The van der Waals surface area contributed by atoms with Gasteiger partial charge in [0.2, 0.25) is 0 Å². The molecule has 2 aromatic carbocycles. The van der Waals surface area contributed by atoms with E-state index >= 15 is 0 Å². The van der Waals surface area contributed by atoms with Gasteiger partial charge in [-0.1, -0.05) is 6.07 Å². The lowest BCUT2D eigenvalue weighted by atomic mass is 10.2. The summed E-state index contributed by atoms with van der Waals surface area (Å²) in [4.78, 5) is 11.1. The van der Waals surface area contributed by atoms with Gasteiger partial charge in [0.15, 0.2) is 6.10 Å². The molecule has 0 aliphatic carbocycles. The van der Waals surface area contributed by atoms with Crippen LogP contribution in [-0.2, 0) is 21.0 Å². The van der Waals surface area contributed by atoms with Crippen molar-refractivity contribution < 1.29 is 31.1 Å². The van der Waals surface area contributed by atoms with Crippen LogP contribution in [0.5, 0.6) is 5.75 Å². The topological polar surface area (TPSA) is 84.5 Å². The number of amides is 1. The number of benzene rings is 2. The Morgan fingerprint density at radius 3 is 2.58 bits per heavy atom. The van der Waals surface area contributed by atoms with Gasteiger partial charge in [0.1, 0.15) is 5.75 Å². The summed E-state index contributed by atoms with van der Waals surface area (Å²) < 4.78 is 70.6. The van der Waals surface area contributed by atoms with Crippen molar-refractivity contribution in [3.8, 4) is 5.75 Å². The second-order valence-corrected chi connectivity index (χ2v) is 7.27. The molecule has 0 unspecified atom stereocenters. The first kappa shape index (κ1) is 18.1. The van der Waals surface area contributed by atoms with Gasteiger partial charge in [0.25, 0.3) is 15.9 Å². The molecule has 0 saturated carbocycles. The van der Waals surface area contributed by atoms with Gasteiger partial charge in [0, 0.05) is 0 Å². The maximum atomic E-state index is 12.8. The van der Waals surface area contributed by atoms with Crippen LogP contribution in [-0.4, -0.2) is 20.4 Å². The van der Waals surface area contributed by atoms with Crippen molar-refractivity contribution in [2.75, 3.05) is 10.0 Å². The molecule has 0 bridgehead atoms.